The minimum atomic E-state index is -0.268. The number of thioether (sulfide) groups is 1. The summed E-state index contributed by atoms with van der Waals surface area (Å²) in [5, 5.41) is 24.0. The van der Waals surface area contributed by atoms with Gasteiger partial charge in [-0.15, -0.1) is 5.10 Å². The Labute approximate surface area is 129 Å². The van der Waals surface area contributed by atoms with Gasteiger partial charge in [0.15, 0.2) is 0 Å². The van der Waals surface area contributed by atoms with Crippen molar-refractivity contribution in [2.45, 2.75) is 5.16 Å². The van der Waals surface area contributed by atoms with E-state index in [9.17, 15) is 4.79 Å². The van der Waals surface area contributed by atoms with Gasteiger partial charge in [0.05, 0.1) is 5.75 Å². The SMILES string of the molecule is Cn1nnnc1SCC(=O)Nc1c(C#N)oc2ccccc12. The van der Waals surface area contributed by atoms with Gasteiger partial charge in [0, 0.05) is 12.4 Å². The molecule has 1 N–H and O–H groups in total. The Hall–Kier alpha value is -2.86. The van der Waals surface area contributed by atoms with Crippen molar-refractivity contribution in [3.05, 3.63) is 30.0 Å². The van der Waals surface area contributed by atoms with E-state index < -0.39 is 0 Å². The van der Waals surface area contributed by atoms with Gasteiger partial charge in [0.1, 0.15) is 17.3 Å². The van der Waals surface area contributed by atoms with E-state index >= 15 is 0 Å². The Bertz CT molecular complexity index is 878. The molecule has 110 valence electrons. The molecule has 2 heterocycles. The van der Waals surface area contributed by atoms with Gasteiger partial charge in [-0.25, -0.2) is 4.68 Å². The lowest BCUT2D eigenvalue weighted by molar-refractivity contribution is -0.113. The van der Waals surface area contributed by atoms with Gasteiger partial charge in [-0.1, -0.05) is 23.9 Å². The van der Waals surface area contributed by atoms with E-state index in [1.54, 1.807) is 25.2 Å². The van der Waals surface area contributed by atoms with Crippen LogP contribution in [0.5, 0.6) is 0 Å². The average molecular weight is 314 g/mol. The highest BCUT2D eigenvalue weighted by Crippen LogP contribution is 2.30. The molecule has 0 spiro atoms. The second-order valence-corrected chi connectivity index (χ2v) is 5.28. The number of aryl methyl sites for hydroxylation is 1. The molecule has 22 heavy (non-hydrogen) atoms. The van der Waals surface area contributed by atoms with Crippen LogP contribution in [-0.2, 0) is 11.8 Å². The maximum Gasteiger partial charge on any atom is 0.234 e. The van der Waals surface area contributed by atoms with Crippen LogP contribution in [0.4, 0.5) is 5.69 Å². The van der Waals surface area contributed by atoms with Gasteiger partial charge >= 0.3 is 0 Å². The summed E-state index contributed by atoms with van der Waals surface area (Å²) in [5.41, 5.74) is 0.944. The number of hydrogen-bond donors (Lipinski definition) is 1. The second kappa shape index (κ2) is 5.87. The number of carbonyl (C=O) groups is 1. The molecular weight excluding hydrogens is 304 g/mol. The molecule has 0 aliphatic heterocycles. The number of nitriles is 1. The minimum Gasteiger partial charge on any atom is -0.443 e. The monoisotopic (exact) mass is 314 g/mol. The molecule has 0 fully saturated rings. The van der Waals surface area contributed by atoms with E-state index in [0.717, 1.165) is 0 Å². The first-order valence-electron chi connectivity index (χ1n) is 6.25. The number of fused-ring (bicyclic) bond motifs is 1. The number of anilines is 1. The van der Waals surface area contributed by atoms with E-state index in [1.165, 1.54) is 16.4 Å². The van der Waals surface area contributed by atoms with Crippen LogP contribution in [0.1, 0.15) is 5.76 Å². The molecule has 1 amide bonds. The van der Waals surface area contributed by atoms with E-state index in [-0.39, 0.29) is 17.4 Å². The maximum atomic E-state index is 12.1. The highest BCUT2D eigenvalue weighted by atomic mass is 32.2. The number of tetrazole rings is 1. The zero-order valence-corrected chi connectivity index (χ0v) is 12.3. The number of rotatable bonds is 4. The molecular formula is C13H10N6O2S. The van der Waals surface area contributed by atoms with Crippen LogP contribution in [0, 0.1) is 11.3 Å². The molecule has 0 atom stereocenters. The van der Waals surface area contributed by atoms with Gasteiger partial charge in [0.2, 0.25) is 16.8 Å². The molecule has 3 rings (SSSR count). The van der Waals surface area contributed by atoms with E-state index in [0.29, 0.717) is 21.8 Å². The van der Waals surface area contributed by atoms with Crippen LogP contribution in [0.15, 0.2) is 33.8 Å². The molecule has 0 saturated carbocycles. The summed E-state index contributed by atoms with van der Waals surface area (Å²) < 4.78 is 6.88. The molecule has 2 aromatic heterocycles. The Morgan fingerprint density at radius 1 is 1.50 bits per heavy atom. The number of para-hydroxylation sites is 1. The zero-order valence-electron chi connectivity index (χ0n) is 11.5. The molecule has 0 radical (unpaired) electrons. The number of furan rings is 1. The standard InChI is InChI=1S/C13H10N6O2S/c1-19-13(16-17-18-19)22-7-11(20)15-12-8-4-2-3-5-9(8)21-10(12)6-14/h2-5H,7H2,1H3,(H,15,20). The number of hydrogen-bond acceptors (Lipinski definition) is 7. The van der Waals surface area contributed by atoms with Crippen molar-refractivity contribution in [3.63, 3.8) is 0 Å². The molecule has 3 aromatic rings. The normalized spacial score (nSPS) is 10.5. The highest BCUT2D eigenvalue weighted by molar-refractivity contribution is 7.99. The Morgan fingerprint density at radius 3 is 3.05 bits per heavy atom. The van der Waals surface area contributed by atoms with Gasteiger partial charge < -0.3 is 9.73 Å². The smallest absolute Gasteiger partial charge is 0.234 e. The van der Waals surface area contributed by atoms with Gasteiger partial charge in [-0.2, -0.15) is 5.26 Å². The zero-order chi connectivity index (χ0) is 15.5. The lowest BCUT2D eigenvalue weighted by Crippen LogP contribution is -2.15. The van der Waals surface area contributed by atoms with Crippen LogP contribution in [0.2, 0.25) is 0 Å². The summed E-state index contributed by atoms with van der Waals surface area (Å²) in [4.78, 5) is 12.1. The predicted octanol–water partition coefficient (Wildman–Crippen LogP) is 1.56. The molecule has 0 unspecified atom stereocenters. The fourth-order valence-electron chi connectivity index (χ4n) is 1.90. The van der Waals surface area contributed by atoms with Crippen molar-refractivity contribution < 1.29 is 9.21 Å². The molecule has 9 heteroatoms. The number of aromatic nitrogens is 4. The van der Waals surface area contributed by atoms with Crippen LogP contribution >= 0.6 is 11.8 Å². The van der Waals surface area contributed by atoms with E-state index in [4.69, 9.17) is 9.68 Å². The molecule has 0 aliphatic rings. The number of nitrogens with zero attached hydrogens (tertiary/aromatic N) is 5. The van der Waals surface area contributed by atoms with Gasteiger partial charge in [-0.05, 0) is 22.6 Å². The number of nitrogens with one attached hydrogen (secondary N) is 1. The average Bonchev–Trinajstić information content (AvgIpc) is 3.09. The van der Waals surface area contributed by atoms with Crippen LogP contribution in [0.3, 0.4) is 0 Å². The maximum absolute atomic E-state index is 12.1. The van der Waals surface area contributed by atoms with Crippen molar-refractivity contribution in [1.29, 1.82) is 5.26 Å². The first-order valence-corrected chi connectivity index (χ1v) is 7.24. The van der Waals surface area contributed by atoms with E-state index in [1.807, 2.05) is 12.1 Å². The quantitative estimate of drug-likeness (QED) is 0.727. The molecule has 0 bridgehead atoms. The number of carbonyl (C=O) groups excluding carboxylic acids is 1. The van der Waals surface area contributed by atoms with Crippen LogP contribution in [0.25, 0.3) is 11.0 Å². The summed E-state index contributed by atoms with van der Waals surface area (Å²) in [7, 11) is 1.69. The fourth-order valence-corrected chi connectivity index (χ4v) is 2.55. The lowest BCUT2D eigenvalue weighted by Gasteiger charge is -2.03. The largest absolute Gasteiger partial charge is 0.443 e. The van der Waals surface area contributed by atoms with Crippen molar-refractivity contribution in [2.75, 3.05) is 11.1 Å². The summed E-state index contributed by atoms with van der Waals surface area (Å²) in [6.07, 6.45) is 0. The van der Waals surface area contributed by atoms with Crippen molar-refractivity contribution in [2.24, 2.45) is 7.05 Å². The fraction of sp³-hybridized carbons (Fsp3) is 0.154. The highest BCUT2D eigenvalue weighted by Gasteiger charge is 2.16. The number of benzene rings is 1. The topological polar surface area (TPSA) is 110 Å². The molecule has 0 saturated heterocycles. The van der Waals surface area contributed by atoms with Gasteiger partial charge in [0.25, 0.3) is 0 Å². The minimum absolute atomic E-state index is 0.0832. The van der Waals surface area contributed by atoms with Crippen molar-refractivity contribution >= 4 is 34.3 Å². The third-order valence-corrected chi connectivity index (χ3v) is 3.89. The lowest BCUT2D eigenvalue weighted by atomic mass is 10.2. The Balaban J connectivity index is 1.77. The number of amides is 1. The van der Waals surface area contributed by atoms with E-state index in [2.05, 4.69) is 20.8 Å². The Morgan fingerprint density at radius 2 is 2.32 bits per heavy atom. The second-order valence-electron chi connectivity index (χ2n) is 4.34. The summed E-state index contributed by atoms with van der Waals surface area (Å²) in [6.45, 7) is 0. The van der Waals surface area contributed by atoms with Crippen LogP contribution in [-0.4, -0.2) is 31.9 Å². The molecule has 8 nitrogen and oxygen atoms in total. The first-order chi connectivity index (χ1) is 10.7. The van der Waals surface area contributed by atoms with Crippen LogP contribution < -0.4 is 5.32 Å². The first kappa shape index (κ1) is 14.1. The third kappa shape index (κ3) is 2.64. The summed E-state index contributed by atoms with van der Waals surface area (Å²) in [6, 6.07) is 9.09. The summed E-state index contributed by atoms with van der Waals surface area (Å²) >= 11 is 1.20. The molecule has 0 aliphatic carbocycles. The molecule has 1 aromatic carbocycles. The van der Waals surface area contributed by atoms with Crippen molar-refractivity contribution in [1.82, 2.24) is 20.2 Å². The third-order valence-electron chi connectivity index (χ3n) is 2.88. The van der Waals surface area contributed by atoms with Crippen molar-refractivity contribution in [3.8, 4) is 6.07 Å². The van der Waals surface area contributed by atoms with Gasteiger partial charge in [-0.3, -0.25) is 4.79 Å². The Kier molecular flexibility index (Phi) is 3.76. The summed E-state index contributed by atoms with van der Waals surface area (Å²) in [5.74, 6) is -0.0607. The predicted molar refractivity (Wildman–Crippen MR) is 79.1 cm³/mol.